The lowest BCUT2D eigenvalue weighted by molar-refractivity contribution is -0.118. The summed E-state index contributed by atoms with van der Waals surface area (Å²) in [4.78, 5) is 13.6. The molecule has 0 spiro atoms. The third-order valence-electron chi connectivity index (χ3n) is 2.89. The Bertz CT molecular complexity index is 403. The minimum atomic E-state index is 0.136. The molecule has 0 aromatic heterocycles. The van der Waals surface area contributed by atoms with Gasteiger partial charge in [-0.05, 0) is 24.6 Å². The van der Waals surface area contributed by atoms with E-state index in [1.54, 1.807) is 0 Å². The second kappa shape index (κ2) is 4.53. The third kappa shape index (κ3) is 2.02. The van der Waals surface area contributed by atoms with E-state index < -0.39 is 0 Å². The van der Waals surface area contributed by atoms with Crippen LogP contribution in [-0.4, -0.2) is 32.6 Å². The Hall–Kier alpha value is -1.55. The van der Waals surface area contributed by atoms with Crippen molar-refractivity contribution in [2.45, 2.75) is 6.92 Å². The van der Waals surface area contributed by atoms with E-state index in [9.17, 15) is 4.79 Å². The number of aryl methyl sites for hydroxylation is 1. The monoisotopic (exact) mass is 219 g/mol. The minimum Gasteiger partial charge on any atom is -0.388 e. The van der Waals surface area contributed by atoms with Crippen LogP contribution in [0.15, 0.2) is 18.2 Å². The third-order valence-corrected chi connectivity index (χ3v) is 2.89. The molecule has 1 saturated heterocycles. The molecule has 1 heterocycles. The molecule has 1 aliphatic heterocycles. The molecule has 1 amide bonds. The van der Waals surface area contributed by atoms with Crippen LogP contribution in [-0.2, 0) is 4.79 Å². The number of anilines is 2. The van der Waals surface area contributed by atoms with Gasteiger partial charge in [-0.3, -0.25) is 4.79 Å². The lowest BCUT2D eigenvalue weighted by atomic mass is 10.1. The van der Waals surface area contributed by atoms with Crippen LogP contribution < -0.4 is 15.5 Å². The van der Waals surface area contributed by atoms with Crippen molar-refractivity contribution in [3.8, 4) is 0 Å². The first-order valence-electron chi connectivity index (χ1n) is 5.52. The van der Waals surface area contributed by atoms with Crippen LogP contribution in [0.5, 0.6) is 0 Å². The van der Waals surface area contributed by atoms with Crippen LogP contribution in [0.1, 0.15) is 5.56 Å². The summed E-state index contributed by atoms with van der Waals surface area (Å²) in [7, 11) is 1.89. The molecular formula is C12H17N3O. The van der Waals surface area contributed by atoms with Gasteiger partial charge in [-0.15, -0.1) is 0 Å². The summed E-state index contributed by atoms with van der Waals surface area (Å²) in [5.74, 6) is 0.136. The standard InChI is InChI=1S/C12H17N3O/c1-9-3-4-10(7-11(9)13-2)15-6-5-14-8-12(15)16/h3-4,7,13-14H,5-6,8H2,1-2H3. The summed E-state index contributed by atoms with van der Waals surface area (Å²) in [6, 6.07) is 6.06. The highest BCUT2D eigenvalue weighted by Gasteiger charge is 2.19. The van der Waals surface area contributed by atoms with E-state index in [4.69, 9.17) is 0 Å². The zero-order valence-electron chi connectivity index (χ0n) is 9.71. The number of hydrogen-bond acceptors (Lipinski definition) is 3. The maximum absolute atomic E-state index is 11.7. The van der Waals surface area contributed by atoms with Crippen molar-refractivity contribution in [1.29, 1.82) is 0 Å². The summed E-state index contributed by atoms with van der Waals surface area (Å²) < 4.78 is 0. The zero-order valence-corrected chi connectivity index (χ0v) is 9.71. The number of carbonyl (C=O) groups is 1. The fourth-order valence-corrected chi connectivity index (χ4v) is 1.93. The Balaban J connectivity index is 2.29. The number of nitrogens with zero attached hydrogens (tertiary/aromatic N) is 1. The SMILES string of the molecule is CNc1cc(N2CCNCC2=O)ccc1C. The molecule has 2 rings (SSSR count). The van der Waals surface area contributed by atoms with Gasteiger partial charge in [-0.1, -0.05) is 6.07 Å². The lowest BCUT2D eigenvalue weighted by Gasteiger charge is -2.28. The van der Waals surface area contributed by atoms with E-state index >= 15 is 0 Å². The van der Waals surface area contributed by atoms with E-state index in [-0.39, 0.29) is 5.91 Å². The average molecular weight is 219 g/mol. The van der Waals surface area contributed by atoms with Gasteiger partial charge >= 0.3 is 0 Å². The molecule has 0 aliphatic carbocycles. The average Bonchev–Trinajstić information content (AvgIpc) is 2.31. The Morgan fingerprint density at radius 1 is 1.44 bits per heavy atom. The highest BCUT2D eigenvalue weighted by atomic mass is 16.2. The fraction of sp³-hybridized carbons (Fsp3) is 0.417. The van der Waals surface area contributed by atoms with Gasteiger partial charge < -0.3 is 15.5 Å². The number of amides is 1. The van der Waals surface area contributed by atoms with Gasteiger partial charge in [0.2, 0.25) is 5.91 Å². The van der Waals surface area contributed by atoms with E-state index in [0.717, 1.165) is 24.5 Å². The second-order valence-electron chi connectivity index (χ2n) is 3.97. The molecule has 0 unspecified atom stereocenters. The summed E-state index contributed by atoms with van der Waals surface area (Å²) in [5, 5.41) is 6.20. The number of hydrogen-bond donors (Lipinski definition) is 2. The summed E-state index contributed by atoms with van der Waals surface area (Å²) in [6.07, 6.45) is 0. The van der Waals surface area contributed by atoms with Crippen molar-refractivity contribution in [2.75, 3.05) is 36.9 Å². The van der Waals surface area contributed by atoms with Gasteiger partial charge in [0.15, 0.2) is 0 Å². The minimum absolute atomic E-state index is 0.136. The molecule has 1 aromatic carbocycles. The van der Waals surface area contributed by atoms with Gasteiger partial charge in [0.25, 0.3) is 0 Å². The first kappa shape index (κ1) is 11.0. The van der Waals surface area contributed by atoms with Gasteiger partial charge in [-0.25, -0.2) is 0 Å². The number of benzene rings is 1. The van der Waals surface area contributed by atoms with Crippen LogP contribution >= 0.6 is 0 Å². The van der Waals surface area contributed by atoms with Crippen molar-refractivity contribution >= 4 is 17.3 Å². The number of carbonyl (C=O) groups excluding carboxylic acids is 1. The summed E-state index contributed by atoms with van der Waals surface area (Å²) in [6.45, 7) is 4.08. The number of nitrogens with one attached hydrogen (secondary N) is 2. The molecule has 0 saturated carbocycles. The molecule has 2 N–H and O–H groups in total. The largest absolute Gasteiger partial charge is 0.388 e. The highest BCUT2D eigenvalue weighted by Crippen LogP contribution is 2.23. The molecular weight excluding hydrogens is 202 g/mol. The Labute approximate surface area is 95.6 Å². The van der Waals surface area contributed by atoms with Crippen molar-refractivity contribution < 1.29 is 4.79 Å². The van der Waals surface area contributed by atoms with Gasteiger partial charge in [0, 0.05) is 31.5 Å². The Morgan fingerprint density at radius 3 is 2.94 bits per heavy atom. The molecule has 4 heteroatoms. The molecule has 1 aliphatic rings. The molecule has 0 bridgehead atoms. The topological polar surface area (TPSA) is 44.4 Å². The predicted molar refractivity (Wildman–Crippen MR) is 65.9 cm³/mol. The highest BCUT2D eigenvalue weighted by molar-refractivity contribution is 5.96. The summed E-state index contributed by atoms with van der Waals surface area (Å²) in [5.41, 5.74) is 3.24. The van der Waals surface area contributed by atoms with Crippen molar-refractivity contribution in [3.63, 3.8) is 0 Å². The Morgan fingerprint density at radius 2 is 2.25 bits per heavy atom. The maximum Gasteiger partial charge on any atom is 0.240 e. The first-order valence-corrected chi connectivity index (χ1v) is 5.52. The molecule has 4 nitrogen and oxygen atoms in total. The molecule has 0 atom stereocenters. The normalized spacial score (nSPS) is 16.4. The fourth-order valence-electron chi connectivity index (χ4n) is 1.93. The van der Waals surface area contributed by atoms with E-state index in [2.05, 4.69) is 17.6 Å². The van der Waals surface area contributed by atoms with Crippen LogP contribution in [0.25, 0.3) is 0 Å². The molecule has 1 aromatic rings. The van der Waals surface area contributed by atoms with Crippen LogP contribution in [0.4, 0.5) is 11.4 Å². The molecule has 1 fully saturated rings. The molecule has 86 valence electrons. The van der Waals surface area contributed by atoms with Crippen molar-refractivity contribution in [2.24, 2.45) is 0 Å². The zero-order chi connectivity index (χ0) is 11.5. The summed E-state index contributed by atoms with van der Waals surface area (Å²) >= 11 is 0. The Kier molecular flexibility index (Phi) is 3.10. The van der Waals surface area contributed by atoms with Crippen molar-refractivity contribution in [1.82, 2.24) is 5.32 Å². The van der Waals surface area contributed by atoms with E-state index in [1.807, 2.05) is 30.1 Å². The quantitative estimate of drug-likeness (QED) is 0.779. The van der Waals surface area contributed by atoms with Gasteiger partial charge in [0.1, 0.15) is 0 Å². The lowest BCUT2D eigenvalue weighted by Crippen LogP contribution is -2.48. The maximum atomic E-state index is 11.7. The van der Waals surface area contributed by atoms with Gasteiger partial charge in [-0.2, -0.15) is 0 Å². The number of piperazine rings is 1. The predicted octanol–water partition coefficient (Wildman–Crippen LogP) is 0.973. The first-order chi connectivity index (χ1) is 7.72. The van der Waals surface area contributed by atoms with E-state index in [1.165, 1.54) is 5.56 Å². The number of rotatable bonds is 2. The van der Waals surface area contributed by atoms with Crippen LogP contribution in [0.3, 0.4) is 0 Å². The smallest absolute Gasteiger partial charge is 0.240 e. The molecule has 16 heavy (non-hydrogen) atoms. The molecule has 0 radical (unpaired) electrons. The van der Waals surface area contributed by atoms with E-state index in [0.29, 0.717) is 6.54 Å². The second-order valence-corrected chi connectivity index (χ2v) is 3.97. The van der Waals surface area contributed by atoms with Crippen LogP contribution in [0, 0.1) is 6.92 Å². The van der Waals surface area contributed by atoms with Gasteiger partial charge in [0.05, 0.1) is 6.54 Å². The van der Waals surface area contributed by atoms with Crippen LogP contribution in [0.2, 0.25) is 0 Å². The van der Waals surface area contributed by atoms with Crippen molar-refractivity contribution in [3.05, 3.63) is 23.8 Å².